The molecule has 0 aromatic heterocycles. The Kier molecular flexibility index (Phi) is 21.6. The van der Waals surface area contributed by atoms with Crippen LogP contribution in [0.3, 0.4) is 0 Å². The van der Waals surface area contributed by atoms with Gasteiger partial charge in [-0.2, -0.15) is 0 Å². The molecule has 0 saturated carbocycles. The predicted molar refractivity (Wildman–Crippen MR) is 274 cm³/mol. The Hall–Kier alpha value is -7.20. The highest BCUT2D eigenvalue weighted by Crippen LogP contribution is 2.27. The molecule has 0 saturated heterocycles. The molecule has 0 amide bonds. The van der Waals surface area contributed by atoms with Crippen LogP contribution in [0, 0.1) is 0 Å². The van der Waals surface area contributed by atoms with Gasteiger partial charge in [-0.15, -0.1) is 0 Å². The van der Waals surface area contributed by atoms with Crippen molar-refractivity contribution >= 4 is 23.9 Å². The van der Waals surface area contributed by atoms with Gasteiger partial charge in [0.15, 0.2) is 0 Å². The summed E-state index contributed by atoms with van der Waals surface area (Å²) >= 11 is 0. The van der Waals surface area contributed by atoms with Gasteiger partial charge in [-0.25, -0.2) is 19.2 Å². The zero-order chi connectivity index (χ0) is 49.2. The summed E-state index contributed by atoms with van der Waals surface area (Å²) in [5.74, 6) is 0.552. The standard InChI is InChI=1S/C60H66O10/c1-3-5-7-9-11-12-13-14-16-18-44-66-52-33-25-48(26-34-52)58(62)70-56-41-29-50(30-42-56)60(64)68-54-37-21-46(22-38-54)45-19-35-53(36-20-45)67-59(63)49-27-39-55(40-28-49)69-57(61)47-23-31-51(32-24-47)65-43-17-15-10-8-6-4-2/h19-42H,3-18,43-44H2,1-2H3. The third-order valence-electron chi connectivity index (χ3n) is 11.8. The zero-order valence-corrected chi connectivity index (χ0v) is 40.7. The van der Waals surface area contributed by atoms with Crippen LogP contribution in [0.5, 0.6) is 34.5 Å². The van der Waals surface area contributed by atoms with Crippen molar-refractivity contribution in [2.45, 2.75) is 117 Å². The number of carbonyl (C=O) groups excluding carboxylic acids is 4. The molecule has 6 aromatic rings. The van der Waals surface area contributed by atoms with Crippen molar-refractivity contribution in [2.75, 3.05) is 13.2 Å². The maximum atomic E-state index is 12.9. The van der Waals surface area contributed by atoms with Crippen molar-refractivity contribution in [2.24, 2.45) is 0 Å². The van der Waals surface area contributed by atoms with E-state index in [0.717, 1.165) is 36.8 Å². The van der Waals surface area contributed by atoms with Crippen LogP contribution in [0.1, 0.15) is 158 Å². The topological polar surface area (TPSA) is 124 Å². The molecule has 6 aromatic carbocycles. The summed E-state index contributed by atoms with van der Waals surface area (Å²) in [5.41, 5.74) is 3.07. The Morgan fingerprint density at radius 1 is 0.271 bits per heavy atom. The molecule has 0 atom stereocenters. The second-order valence-electron chi connectivity index (χ2n) is 17.4. The van der Waals surface area contributed by atoms with Gasteiger partial charge in [-0.05, 0) is 145 Å². The van der Waals surface area contributed by atoms with Gasteiger partial charge in [0.25, 0.3) is 0 Å². The van der Waals surface area contributed by atoms with E-state index in [-0.39, 0.29) is 5.56 Å². The van der Waals surface area contributed by atoms with E-state index < -0.39 is 23.9 Å². The van der Waals surface area contributed by atoms with E-state index in [1.165, 1.54) is 89.2 Å². The molecule has 10 heteroatoms. The van der Waals surface area contributed by atoms with Crippen molar-refractivity contribution in [3.05, 3.63) is 168 Å². The zero-order valence-electron chi connectivity index (χ0n) is 40.7. The quantitative estimate of drug-likeness (QED) is 0.0255. The van der Waals surface area contributed by atoms with Crippen molar-refractivity contribution in [1.82, 2.24) is 0 Å². The molecular weight excluding hydrogens is 881 g/mol. The summed E-state index contributed by atoms with van der Waals surface area (Å²) in [4.78, 5) is 51.4. The largest absolute Gasteiger partial charge is 0.494 e. The first kappa shape index (κ1) is 52.2. The first-order chi connectivity index (χ1) is 34.3. The molecule has 6 rings (SSSR count). The minimum absolute atomic E-state index is 0.289. The van der Waals surface area contributed by atoms with Crippen LogP contribution < -0.4 is 28.4 Å². The van der Waals surface area contributed by atoms with Crippen molar-refractivity contribution in [1.29, 1.82) is 0 Å². The van der Waals surface area contributed by atoms with Crippen LogP contribution in [0.2, 0.25) is 0 Å². The van der Waals surface area contributed by atoms with Gasteiger partial charge >= 0.3 is 23.9 Å². The predicted octanol–water partition coefficient (Wildman–Crippen LogP) is 15.3. The molecule has 0 aliphatic carbocycles. The summed E-state index contributed by atoms with van der Waals surface area (Å²) in [6.45, 7) is 5.74. The second-order valence-corrected chi connectivity index (χ2v) is 17.4. The number of unbranched alkanes of at least 4 members (excludes halogenated alkanes) is 14. The summed E-state index contributed by atoms with van der Waals surface area (Å²) in [6, 6.07) is 40.1. The molecule has 0 radical (unpaired) electrons. The van der Waals surface area contributed by atoms with Gasteiger partial charge in [-0.3, -0.25) is 0 Å². The first-order valence-electron chi connectivity index (χ1n) is 25.0. The van der Waals surface area contributed by atoms with Crippen LogP contribution in [0.15, 0.2) is 146 Å². The Labute approximate surface area is 413 Å². The van der Waals surface area contributed by atoms with E-state index in [4.69, 9.17) is 28.4 Å². The molecule has 0 spiro atoms. The lowest BCUT2D eigenvalue weighted by Crippen LogP contribution is -2.10. The normalized spacial score (nSPS) is 10.8. The molecule has 0 fully saturated rings. The summed E-state index contributed by atoms with van der Waals surface area (Å²) < 4.78 is 33.9. The number of benzene rings is 6. The lowest BCUT2D eigenvalue weighted by molar-refractivity contribution is 0.0720. The molecule has 10 nitrogen and oxygen atoms in total. The van der Waals surface area contributed by atoms with Crippen LogP contribution in [-0.4, -0.2) is 37.1 Å². The first-order valence-corrected chi connectivity index (χ1v) is 25.0. The highest BCUT2D eigenvalue weighted by atomic mass is 16.5. The van der Waals surface area contributed by atoms with Crippen molar-refractivity contribution in [3.8, 4) is 45.6 Å². The molecule has 366 valence electrons. The Morgan fingerprint density at radius 3 is 0.743 bits per heavy atom. The number of esters is 4. The average molecular weight is 947 g/mol. The molecule has 0 heterocycles. The third-order valence-corrected chi connectivity index (χ3v) is 11.8. The number of ether oxygens (including phenoxy) is 6. The van der Waals surface area contributed by atoms with E-state index in [2.05, 4.69) is 13.8 Å². The van der Waals surface area contributed by atoms with E-state index in [1.54, 1.807) is 109 Å². The fourth-order valence-corrected chi connectivity index (χ4v) is 7.64. The van der Waals surface area contributed by atoms with Crippen LogP contribution in [0.25, 0.3) is 11.1 Å². The number of hydrogen-bond donors (Lipinski definition) is 0. The lowest BCUT2D eigenvalue weighted by atomic mass is 10.1. The number of hydrogen-bond acceptors (Lipinski definition) is 10. The maximum Gasteiger partial charge on any atom is 0.343 e. The van der Waals surface area contributed by atoms with Gasteiger partial charge in [0.2, 0.25) is 0 Å². The van der Waals surface area contributed by atoms with Crippen LogP contribution in [0.4, 0.5) is 0 Å². The van der Waals surface area contributed by atoms with E-state index in [0.29, 0.717) is 64.4 Å². The fourth-order valence-electron chi connectivity index (χ4n) is 7.64. The maximum absolute atomic E-state index is 12.9. The highest BCUT2D eigenvalue weighted by molar-refractivity contribution is 5.94. The molecule has 0 N–H and O–H groups in total. The van der Waals surface area contributed by atoms with Gasteiger partial charge < -0.3 is 28.4 Å². The molecular formula is C60H66O10. The van der Waals surface area contributed by atoms with Crippen LogP contribution >= 0.6 is 0 Å². The average Bonchev–Trinajstić information content (AvgIpc) is 3.39. The van der Waals surface area contributed by atoms with Gasteiger partial charge in [-0.1, -0.05) is 128 Å². The molecule has 0 bridgehead atoms. The Morgan fingerprint density at radius 2 is 0.486 bits per heavy atom. The number of rotatable bonds is 29. The van der Waals surface area contributed by atoms with E-state index in [9.17, 15) is 19.2 Å². The summed E-state index contributed by atoms with van der Waals surface area (Å²) in [5, 5.41) is 0. The SMILES string of the molecule is CCCCCCCCCCCCOc1ccc(C(=O)Oc2ccc(C(=O)Oc3ccc(-c4ccc(OC(=O)c5ccc(OC(=O)c6ccc(OCCCCCCCC)cc6)cc5)cc4)cc3)cc2)cc1. The molecule has 0 aliphatic heterocycles. The van der Waals surface area contributed by atoms with Gasteiger partial charge in [0.05, 0.1) is 35.5 Å². The smallest absolute Gasteiger partial charge is 0.343 e. The summed E-state index contributed by atoms with van der Waals surface area (Å²) in [6.07, 6.45) is 19.8. The summed E-state index contributed by atoms with van der Waals surface area (Å²) in [7, 11) is 0. The minimum atomic E-state index is -0.565. The van der Waals surface area contributed by atoms with E-state index in [1.807, 2.05) is 24.3 Å². The van der Waals surface area contributed by atoms with Crippen molar-refractivity contribution in [3.63, 3.8) is 0 Å². The van der Waals surface area contributed by atoms with Gasteiger partial charge in [0, 0.05) is 0 Å². The monoisotopic (exact) mass is 946 g/mol. The molecule has 0 unspecified atom stereocenters. The second kappa shape index (κ2) is 29.0. The molecule has 70 heavy (non-hydrogen) atoms. The fraction of sp³-hybridized carbons (Fsp3) is 0.333. The van der Waals surface area contributed by atoms with E-state index >= 15 is 0 Å². The Balaban J connectivity index is 0.876. The van der Waals surface area contributed by atoms with Gasteiger partial charge in [0.1, 0.15) is 34.5 Å². The lowest BCUT2D eigenvalue weighted by Gasteiger charge is -2.09. The van der Waals surface area contributed by atoms with Crippen molar-refractivity contribution < 1.29 is 47.6 Å². The molecule has 0 aliphatic rings. The third kappa shape index (κ3) is 17.7. The number of carbonyl (C=O) groups is 4. The minimum Gasteiger partial charge on any atom is -0.494 e. The highest BCUT2D eigenvalue weighted by Gasteiger charge is 2.15. The van der Waals surface area contributed by atoms with Crippen LogP contribution in [-0.2, 0) is 0 Å². The Bertz CT molecular complexity index is 2500.